The predicted molar refractivity (Wildman–Crippen MR) is 118 cm³/mol. The van der Waals surface area contributed by atoms with Gasteiger partial charge in [0.15, 0.2) is 0 Å². The van der Waals surface area contributed by atoms with Gasteiger partial charge in [-0.1, -0.05) is 12.1 Å². The zero-order valence-electron chi connectivity index (χ0n) is 18.6. The molecule has 176 valence electrons. The number of likely N-dealkylation sites (tertiary alicyclic amines) is 1. The molecule has 1 aromatic rings. The van der Waals surface area contributed by atoms with Crippen LogP contribution in [0, 0.1) is 5.41 Å². The molecule has 3 N–H and O–H groups in total. The molecule has 1 aliphatic heterocycles. The summed E-state index contributed by atoms with van der Waals surface area (Å²) in [6, 6.07) is 5.18. The predicted octanol–water partition coefficient (Wildman–Crippen LogP) is 4.43. The van der Waals surface area contributed by atoms with Crippen LogP contribution in [0.3, 0.4) is 0 Å². The maximum Gasteiger partial charge on any atom is 0.416 e. The van der Waals surface area contributed by atoms with Crippen LogP contribution in [0.2, 0.25) is 0 Å². The number of nitrogens with one attached hydrogen (secondary N) is 1. The molecule has 2 aliphatic carbocycles. The Bertz CT molecular complexity index is 848. The van der Waals surface area contributed by atoms with Gasteiger partial charge in [-0.3, -0.25) is 9.69 Å². The number of carbonyl (C=O) groups is 1. The van der Waals surface area contributed by atoms with E-state index in [1.165, 1.54) is 25.0 Å². The molecule has 3 fully saturated rings. The van der Waals surface area contributed by atoms with Gasteiger partial charge in [-0.15, -0.1) is 0 Å². The second-order valence-corrected chi connectivity index (χ2v) is 9.72. The zero-order chi connectivity index (χ0) is 22.9. The molecule has 4 atom stereocenters. The van der Waals surface area contributed by atoms with E-state index in [4.69, 9.17) is 5.84 Å². The normalized spacial score (nSPS) is 31.3. The lowest BCUT2D eigenvalue weighted by molar-refractivity contribution is -0.137. The van der Waals surface area contributed by atoms with Gasteiger partial charge in [0.1, 0.15) is 0 Å². The van der Waals surface area contributed by atoms with Crippen LogP contribution in [0.1, 0.15) is 75.3 Å². The Hall–Kier alpha value is -2.09. The Balaban J connectivity index is 1.47. The molecule has 5 nitrogen and oxygen atoms in total. The summed E-state index contributed by atoms with van der Waals surface area (Å²) in [6.07, 6.45) is 3.94. The van der Waals surface area contributed by atoms with Crippen molar-refractivity contribution in [3.8, 4) is 0 Å². The summed E-state index contributed by atoms with van der Waals surface area (Å²) in [4.78, 5) is 15.6. The second-order valence-electron chi connectivity index (χ2n) is 9.72. The van der Waals surface area contributed by atoms with E-state index in [9.17, 15) is 18.0 Å². The summed E-state index contributed by atoms with van der Waals surface area (Å²) in [5.41, 5.74) is 1.08. The highest BCUT2D eigenvalue weighted by atomic mass is 19.4. The van der Waals surface area contributed by atoms with Crippen LogP contribution in [0.15, 0.2) is 29.4 Å². The van der Waals surface area contributed by atoms with Crippen LogP contribution in [0.25, 0.3) is 0 Å². The van der Waals surface area contributed by atoms with Crippen molar-refractivity contribution >= 4 is 11.6 Å². The van der Waals surface area contributed by atoms with Crippen molar-refractivity contribution in [2.45, 2.75) is 82.5 Å². The minimum Gasteiger partial charge on any atom is -0.351 e. The fraction of sp³-hybridized carbons (Fsp3) is 0.667. The smallest absolute Gasteiger partial charge is 0.351 e. The summed E-state index contributed by atoms with van der Waals surface area (Å²) in [6.45, 7) is 3.83. The molecule has 0 radical (unpaired) electrons. The highest BCUT2D eigenvalue weighted by molar-refractivity contribution is 5.92. The van der Waals surface area contributed by atoms with E-state index < -0.39 is 17.7 Å². The van der Waals surface area contributed by atoms with Gasteiger partial charge in [0.25, 0.3) is 0 Å². The highest BCUT2D eigenvalue weighted by Gasteiger charge is 2.48. The quantitative estimate of drug-likeness (QED) is 0.527. The minimum atomic E-state index is -4.38. The number of hydrazone groups is 1. The molecule has 2 saturated carbocycles. The van der Waals surface area contributed by atoms with Crippen LogP contribution in [0.5, 0.6) is 0 Å². The van der Waals surface area contributed by atoms with E-state index in [2.05, 4.69) is 15.3 Å². The molecule has 4 rings (SSSR count). The van der Waals surface area contributed by atoms with Gasteiger partial charge in [0, 0.05) is 23.2 Å². The number of amides is 1. The number of nitrogens with zero attached hydrogens (tertiary/aromatic N) is 2. The Morgan fingerprint density at radius 3 is 2.50 bits per heavy atom. The van der Waals surface area contributed by atoms with Gasteiger partial charge in [-0.25, -0.2) is 0 Å². The highest BCUT2D eigenvalue weighted by Crippen LogP contribution is 2.48. The van der Waals surface area contributed by atoms with Crippen molar-refractivity contribution in [1.82, 2.24) is 10.2 Å². The molecule has 0 aromatic heterocycles. The molecule has 3 aliphatic rings. The second kappa shape index (κ2) is 9.04. The summed E-state index contributed by atoms with van der Waals surface area (Å²) in [5.74, 6) is 5.09. The average molecular weight is 451 g/mol. The van der Waals surface area contributed by atoms with Gasteiger partial charge in [-0.2, -0.15) is 18.3 Å². The number of rotatable bonds is 4. The monoisotopic (exact) mass is 450 g/mol. The number of nitrogens with two attached hydrogens (primary N) is 1. The van der Waals surface area contributed by atoms with Crippen molar-refractivity contribution in [3.05, 3.63) is 35.4 Å². The van der Waals surface area contributed by atoms with Crippen molar-refractivity contribution < 1.29 is 18.0 Å². The molecule has 1 spiro atoms. The first-order chi connectivity index (χ1) is 15.2. The molecule has 8 heteroatoms. The van der Waals surface area contributed by atoms with Gasteiger partial charge in [0.05, 0.1) is 11.5 Å². The van der Waals surface area contributed by atoms with Crippen molar-refractivity contribution in [2.75, 3.05) is 13.1 Å². The molecule has 1 aromatic carbocycles. The number of halogens is 3. The van der Waals surface area contributed by atoms with Gasteiger partial charge < -0.3 is 11.2 Å². The Kier molecular flexibility index (Phi) is 6.52. The molecular formula is C24H33F3N4O. The first kappa shape index (κ1) is 23.1. The van der Waals surface area contributed by atoms with Crippen LogP contribution in [0.4, 0.5) is 13.2 Å². The van der Waals surface area contributed by atoms with Gasteiger partial charge >= 0.3 is 6.18 Å². The Morgan fingerprint density at radius 1 is 1.19 bits per heavy atom. The van der Waals surface area contributed by atoms with E-state index in [1.54, 1.807) is 6.92 Å². The Labute approximate surface area is 187 Å². The molecule has 0 bridgehead atoms. The average Bonchev–Trinajstić information content (AvgIpc) is 3.44. The molecule has 4 unspecified atom stereocenters. The van der Waals surface area contributed by atoms with Crippen molar-refractivity contribution in [3.63, 3.8) is 0 Å². The first-order valence-corrected chi connectivity index (χ1v) is 11.7. The van der Waals surface area contributed by atoms with E-state index >= 15 is 0 Å². The third-order valence-electron chi connectivity index (χ3n) is 7.90. The fourth-order valence-corrected chi connectivity index (χ4v) is 6.01. The lowest BCUT2D eigenvalue weighted by Gasteiger charge is -2.46. The summed E-state index contributed by atoms with van der Waals surface area (Å²) in [5, 5.41) is 7.39. The van der Waals surface area contributed by atoms with Crippen LogP contribution in [-0.4, -0.2) is 41.7 Å². The number of hydrogen-bond donors (Lipinski definition) is 2. The van der Waals surface area contributed by atoms with Crippen LogP contribution in [-0.2, 0) is 11.0 Å². The standard InChI is InChI=1S/C24H33F3N4O/c1-16(17-6-8-18(9-7-17)24(25,26)27)22(32)29-19-10-12-23(11-4-5-21(23)30-28)15-20(19)31-13-2-3-14-31/h6-9,16,19-20H,2-5,10-15,28H2,1H3,(H,29,32). The number of benzene rings is 1. The fourth-order valence-electron chi connectivity index (χ4n) is 6.01. The lowest BCUT2D eigenvalue weighted by atomic mass is 9.67. The third-order valence-corrected chi connectivity index (χ3v) is 7.90. The summed E-state index contributed by atoms with van der Waals surface area (Å²) >= 11 is 0. The maximum atomic E-state index is 13.1. The summed E-state index contributed by atoms with van der Waals surface area (Å²) < 4.78 is 38.6. The van der Waals surface area contributed by atoms with E-state index in [0.29, 0.717) is 5.56 Å². The lowest BCUT2D eigenvalue weighted by Crippen LogP contribution is -2.57. The third kappa shape index (κ3) is 4.51. The minimum absolute atomic E-state index is 0.0303. The van der Waals surface area contributed by atoms with Gasteiger partial charge in [-0.05, 0) is 89.1 Å². The number of alkyl halides is 3. The molecule has 1 heterocycles. The van der Waals surface area contributed by atoms with Crippen molar-refractivity contribution in [1.29, 1.82) is 0 Å². The molecule has 32 heavy (non-hydrogen) atoms. The summed E-state index contributed by atoms with van der Waals surface area (Å²) in [7, 11) is 0. The largest absolute Gasteiger partial charge is 0.416 e. The molecule has 1 saturated heterocycles. The van der Waals surface area contributed by atoms with Gasteiger partial charge in [0.2, 0.25) is 5.91 Å². The maximum absolute atomic E-state index is 13.1. The first-order valence-electron chi connectivity index (χ1n) is 11.7. The number of hydrogen-bond acceptors (Lipinski definition) is 4. The van der Waals surface area contributed by atoms with E-state index in [1.807, 2.05) is 0 Å². The SMILES string of the molecule is CC(C(=O)NC1CCC2(CCCC2=NN)CC1N1CCCC1)c1ccc(C(F)(F)F)cc1. The van der Waals surface area contributed by atoms with E-state index in [0.717, 1.165) is 69.5 Å². The molecular weight excluding hydrogens is 417 g/mol. The number of carbonyl (C=O) groups excluding carboxylic acids is 1. The zero-order valence-corrected chi connectivity index (χ0v) is 18.6. The topological polar surface area (TPSA) is 70.7 Å². The molecule has 1 amide bonds. The van der Waals surface area contributed by atoms with Crippen molar-refractivity contribution in [2.24, 2.45) is 16.4 Å². The van der Waals surface area contributed by atoms with E-state index in [-0.39, 0.29) is 23.4 Å². The van der Waals surface area contributed by atoms with Crippen LogP contribution >= 0.6 is 0 Å². The Morgan fingerprint density at radius 2 is 1.88 bits per heavy atom. The van der Waals surface area contributed by atoms with Crippen LogP contribution < -0.4 is 11.2 Å².